The largest absolute Gasteiger partial charge is 0.439 e. The fraction of sp³-hybridized carbons (Fsp3) is 0.533. The second-order valence-corrected chi connectivity index (χ2v) is 9.84. The standard InChI is InChI=1S/C15H20ClNO4S/c1-14(2,3)13-17-10-7-6-9(16)12(11(10)21-13)22(19,20)15(4,5)8-18/h6-7,18H,8H2,1-5H3. The molecule has 0 saturated heterocycles. The topological polar surface area (TPSA) is 80.4 Å². The summed E-state index contributed by atoms with van der Waals surface area (Å²) in [5, 5.41) is 9.48. The average Bonchev–Trinajstić information content (AvgIpc) is 2.81. The first kappa shape index (κ1) is 17.2. The van der Waals surface area contributed by atoms with E-state index in [0.717, 1.165) is 0 Å². The van der Waals surface area contributed by atoms with Gasteiger partial charge in [-0.05, 0) is 26.0 Å². The molecule has 0 spiro atoms. The van der Waals surface area contributed by atoms with Crippen LogP contribution >= 0.6 is 11.6 Å². The van der Waals surface area contributed by atoms with Crippen molar-refractivity contribution in [2.75, 3.05) is 6.61 Å². The summed E-state index contributed by atoms with van der Waals surface area (Å²) < 4.78 is 30.0. The van der Waals surface area contributed by atoms with Crippen LogP contribution in [0.1, 0.15) is 40.5 Å². The summed E-state index contributed by atoms with van der Waals surface area (Å²) in [6, 6.07) is 3.11. The number of fused-ring (bicyclic) bond motifs is 1. The lowest BCUT2D eigenvalue weighted by molar-refractivity contribution is 0.258. The summed E-state index contributed by atoms with van der Waals surface area (Å²) in [6.07, 6.45) is 0. The number of sulfone groups is 1. The number of aliphatic hydroxyl groups is 1. The Balaban J connectivity index is 2.84. The maximum absolute atomic E-state index is 12.8. The molecule has 0 amide bonds. The Hall–Kier alpha value is -1.11. The van der Waals surface area contributed by atoms with Crippen LogP contribution in [0.15, 0.2) is 21.4 Å². The van der Waals surface area contributed by atoms with Gasteiger partial charge in [0.25, 0.3) is 0 Å². The van der Waals surface area contributed by atoms with Gasteiger partial charge in [-0.1, -0.05) is 32.4 Å². The smallest absolute Gasteiger partial charge is 0.200 e. The van der Waals surface area contributed by atoms with Crippen molar-refractivity contribution in [3.63, 3.8) is 0 Å². The van der Waals surface area contributed by atoms with Gasteiger partial charge in [-0.3, -0.25) is 0 Å². The molecule has 5 nitrogen and oxygen atoms in total. The third kappa shape index (κ3) is 2.64. The SMILES string of the molecule is CC(C)(C)c1nc2ccc(Cl)c(S(=O)(=O)C(C)(C)CO)c2o1. The van der Waals surface area contributed by atoms with E-state index in [-0.39, 0.29) is 20.9 Å². The van der Waals surface area contributed by atoms with Crippen molar-refractivity contribution in [2.45, 2.75) is 49.7 Å². The summed E-state index contributed by atoms with van der Waals surface area (Å²) in [5.41, 5.74) is 0.208. The van der Waals surface area contributed by atoms with Crippen LogP contribution < -0.4 is 0 Å². The lowest BCUT2D eigenvalue weighted by Gasteiger charge is -2.22. The van der Waals surface area contributed by atoms with Gasteiger partial charge in [0.05, 0.1) is 16.4 Å². The van der Waals surface area contributed by atoms with E-state index >= 15 is 0 Å². The highest BCUT2D eigenvalue weighted by molar-refractivity contribution is 7.93. The first-order valence-corrected chi connectivity index (χ1v) is 8.73. The summed E-state index contributed by atoms with van der Waals surface area (Å²) in [4.78, 5) is 4.24. The number of halogens is 1. The summed E-state index contributed by atoms with van der Waals surface area (Å²) in [7, 11) is -3.89. The number of aromatic nitrogens is 1. The van der Waals surface area contributed by atoms with Crippen LogP contribution in [-0.4, -0.2) is 29.9 Å². The van der Waals surface area contributed by atoms with Gasteiger partial charge in [-0.25, -0.2) is 13.4 Å². The van der Waals surface area contributed by atoms with E-state index in [0.29, 0.717) is 11.4 Å². The molecule has 1 aromatic heterocycles. The third-order valence-corrected chi connectivity index (χ3v) is 6.44. The van der Waals surface area contributed by atoms with Crippen LogP contribution in [0.2, 0.25) is 5.02 Å². The molecule has 0 aliphatic carbocycles. The monoisotopic (exact) mass is 345 g/mol. The number of benzene rings is 1. The molecule has 0 atom stereocenters. The molecule has 1 N–H and O–H groups in total. The van der Waals surface area contributed by atoms with Crippen LogP contribution in [0.4, 0.5) is 0 Å². The van der Waals surface area contributed by atoms with E-state index in [2.05, 4.69) is 4.98 Å². The molecule has 2 rings (SSSR count). The van der Waals surface area contributed by atoms with Crippen LogP contribution in [0.3, 0.4) is 0 Å². The predicted octanol–water partition coefficient (Wildman–Crippen LogP) is 3.32. The van der Waals surface area contributed by atoms with Gasteiger partial charge >= 0.3 is 0 Å². The Labute approximate surface area is 135 Å². The van der Waals surface area contributed by atoms with E-state index in [1.54, 1.807) is 6.07 Å². The molecular formula is C15H20ClNO4S. The minimum absolute atomic E-state index is 0.0608. The van der Waals surface area contributed by atoms with Crippen LogP contribution in [0.5, 0.6) is 0 Å². The van der Waals surface area contributed by atoms with Crippen molar-refractivity contribution in [1.82, 2.24) is 4.98 Å². The molecule has 1 heterocycles. The maximum atomic E-state index is 12.8. The minimum Gasteiger partial charge on any atom is -0.439 e. The highest BCUT2D eigenvalue weighted by Crippen LogP contribution is 2.38. The Morgan fingerprint density at radius 1 is 1.23 bits per heavy atom. The average molecular weight is 346 g/mol. The quantitative estimate of drug-likeness (QED) is 0.922. The second-order valence-electron chi connectivity index (χ2n) is 6.92. The molecule has 7 heteroatoms. The summed E-state index contributed by atoms with van der Waals surface area (Å²) >= 11 is 6.13. The van der Waals surface area contributed by atoms with Gasteiger partial charge in [0.1, 0.15) is 10.4 Å². The number of hydrogen-bond acceptors (Lipinski definition) is 5. The van der Waals surface area contributed by atoms with Gasteiger partial charge in [-0.2, -0.15) is 0 Å². The Morgan fingerprint density at radius 3 is 2.32 bits per heavy atom. The molecule has 0 fully saturated rings. The van der Waals surface area contributed by atoms with Gasteiger partial charge < -0.3 is 9.52 Å². The van der Waals surface area contributed by atoms with Crippen molar-refractivity contribution >= 4 is 32.5 Å². The van der Waals surface area contributed by atoms with Gasteiger partial charge in [0.15, 0.2) is 15.4 Å². The molecule has 0 unspecified atom stereocenters. The molecule has 0 radical (unpaired) electrons. The fourth-order valence-corrected chi connectivity index (χ4v) is 3.77. The molecule has 0 aliphatic heterocycles. The molecule has 0 bridgehead atoms. The van der Waals surface area contributed by atoms with Crippen molar-refractivity contribution in [3.05, 3.63) is 23.0 Å². The highest BCUT2D eigenvalue weighted by Gasteiger charge is 2.39. The third-order valence-electron chi connectivity index (χ3n) is 3.48. The minimum atomic E-state index is -3.89. The van der Waals surface area contributed by atoms with Crippen molar-refractivity contribution < 1.29 is 17.9 Å². The molecule has 0 aliphatic rings. The lowest BCUT2D eigenvalue weighted by Crippen LogP contribution is -2.36. The Bertz CT molecular complexity index is 816. The zero-order valence-corrected chi connectivity index (χ0v) is 14.8. The molecule has 22 heavy (non-hydrogen) atoms. The number of aliphatic hydroxyl groups excluding tert-OH is 1. The number of nitrogens with zero attached hydrogens (tertiary/aromatic N) is 1. The molecule has 122 valence electrons. The first-order valence-electron chi connectivity index (χ1n) is 6.87. The highest BCUT2D eigenvalue weighted by atomic mass is 35.5. The summed E-state index contributed by atoms with van der Waals surface area (Å²) in [6.45, 7) is 8.13. The maximum Gasteiger partial charge on any atom is 0.200 e. The summed E-state index contributed by atoms with van der Waals surface area (Å²) in [5.74, 6) is 0.433. The Kier molecular flexibility index (Phi) is 4.09. The van der Waals surface area contributed by atoms with Crippen molar-refractivity contribution in [1.29, 1.82) is 0 Å². The normalized spacial score (nSPS) is 13.8. The molecule has 1 aromatic carbocycles. The van der Waals surface area contributed by atoms with Crippen LogP contribution in [0.25, 0.3) is 11.1 Å². The van der Waals surface area contributed by atoms with Crippen molar-refractivity contribution in [2.24, 2.45) is 0 Å². The van der Waals surface area contributed by atoms with E-state index in [1.807, 2.05) is 20.8 Å². The van der Waals surface area contributed by atoms with Gasteiger partial charge in [0, 0.05) is 5.41 Å². The van der Waals surface area contributed by atoms with Crippen molar-refractivity contribution in [3.8, 4) is 0 Å². The number of rotatable bonds is 3. The number of oxazole rings is 1. The fourth-order valence-electron chi connectivity index (χ4n) is 1.88. The lowest BCUT2D eigenvalue weighted by atomic mass is 9.97. The van der Waals surface area contributed by atoms with Gasteiger partial charge in [0.2, 0.25) is 5.89 Å². The van der Waals surface area contributed by atoms with Crippen LogP contribution in [-0.2, 0) is 15.3 Å². The zero-order valence-electron chi connectivity index (χ0n) is 13.3. The van der Waals surface area contributed by atoms with E-state index in [4.69, 9.17) is 16.0 Å². The van der Waals surface area contributed by atoms with E-state index < -0.39 is 21.2 Å². The molecular weight excluding hydrogens is 326 g/mol. The first-order chi connectivity index (χ1) is 9.91. The molecule has 0 saturated carbocycles. The zero-order chi connectivity index (χ0) is 16.9. The molecule has 2 aromatic rings. The van der Waals surface area contributed by atoms with Crippen LogP contribution in [0, 0.1) is 0 Å². The van der Waals surface area contributed by atoms with E-state index in [9.17, 15) is 13.5 Å². The van der Waals surface area contributed by atoms with Gasteiger partial charge in [-0.15, -0.1) is 0 Å². The number of hydrogen-bond donors (Lipinski definition) is 1. The Morgan fingerprint density at radius 2 is 1.82 bits per heavy atom. The van der Waals surface area contributed by atoms with E-state index in [1.165, 1.54) is 19.9 Å². The predicted molar refractivity (Wildman–Crippen MR) is 86.1 cm³/mol. The second kappa shape index (κ2) is 5.22.